The van der Waals surface area contributed by atoms with Gasteiger partial charge in [-0.3, -0.25) is 14.2 Å². The SMILES string of the molecule is CC(C)NC(=O)c1ccc2c(=O)n(C[C@@H]3CCCO3)c(=S)[nH]c2c1. The quantitative estimate of drug-likeness (QED) is 0.833. The van der Waals surface area contributed by atoms with E-state index in [-0.39, 0.29) is 23.6 Å². The molecule has 0 spiro atoms. The van der Waals surface area contributed by atoms with E-state index in [9.17, 15) is 9.59 Å². The largest absolute Gasteiger partial charge is 0.376 e. The number of nitrogens with zero attached hydrogens (tertiary/aromatic N) is 1. The third kappa shape index (κ3) is 3.42. The number of amides is 1. The molecule has 1 aliphatic rings. The molecule has 6 nitrogen and oxygen atoms in total. The fourth-order valence-corrected chi connectivity index (χ4v) is 3.17. The van der Waals surface area contributed by atoms with Crippen LogP contribution in [0, 0.1) is 4.77 Å². The number of hydrogen-bond donors (Lipinski definition) is 2. The molecular formula is C17H21N3O3S. The summed E-state index contributed by atoms with van der Waals surface area (Å²) in [4.78, 5) is 27.9. The standard InChI is InChI=1S/C17H21N3O3S/c1-10(2)18-15(21)11-5-6-13-14(8-11)19-17(24)20(16(13)22)9-12-4-3-7-23-12/h5-6,8,10,12H,3-4,7,9H2,1-2H3,(H,18,21)(H,19,24)/t12-/m0/s1. The van der Waals surface area contributed by atoms with Crippen molar-refractivity contribution in [3.8, 4) is 0 Å². The van der Waals surface area contributed by atoms with Crippen LogP contribution in [0.2, 0.25) is 0 Å². The van der Waals surface area contributed by atoms with Gasteiger partial charge in [0.15, 0.2) is 4.77 Å². The van der Waals surface area contributed by atoms with Crippen LogP contribution in [0.3, 0.4) is 0 Å². The first-order valence-corrected chi connectivity index (χ1v) is 8.56. The maximum Gasteiger partial charge on any atom is 0.262 e. The molecule has 1 aromatic heterocycles. The van der Waals surface area contributed by atoms with Crippen LogP contribution >= 0.6 is 12.2 Å². The molecule has 1 fully saturated rings. The van der Waals surface area contributed by atoms with Crippen LogP contribution in [-0.2, 0) is 11.3 Å². The minimum atomic E-state index is -0.172. The van der Waals surface area contributed by atoms with Crippen LogP contribution in [-0.4, -0.2) is 34.2 Å². The van der Waals surface area contributed by atoms with Crippen molar-refractivity contribution >= 4 is 29.0 Å². The highest BCUT2D eigenvalue weighted by atomic mass is 32.1. The van der Waals surface area contributed by atoms with E-state index in [0.717, 1.165) is 19.4 Å². The van der Waals surface area contributed by atoms with Gasteiger partial charge < -0.3 is 15.0 Å². The van der Waals surface area contributed by atoms with Crippen molar-refractivity contribution < 1.29 is 9.53 Å². The van der Waals surface area contributed by atoms with E-state index in [1.165, 1.54) is 0 Å². The second-order valence-corrected chi connectivity index (χ2v) is 6.76. The molecule has 0 bridgehead atoms. The van der Waals surface area contributed by atoms with Crippen molar-refractivity contribution in [3.63, 3.8) is 0 Å². The molecule has 1 amide bonds. The summed E-state index contributed by atoms with van der Waals surface area (Å²) in [5.74, 6) is -0.172. The fourth-order valence-electron chi connectivity index (χ4n) is 2.90. The number of hydrogen-bond acceptors (Lipinski definition) is 4. The van der Waals surface area contributed by atoms with Gasteiger partial charge in [-0.1, -0.05) is 0 Å². The smallest absolute Gasteiger partial charge is 0.262 e. The number of fused-ring (bicyclic) bond motifs is 1. The van der Waals surface area contributed by atoms with Gasteiger partial charge in [-0.15, -0.1) is 0 Å². The summed E-state index contributed by atoms with van der Waals surface area (Å²) in [6.45, 7) is 4.99. The molecule has 0 aliphatic carbocycles. The third-order valence-electron chi connectivity index (χ3n) is 4.07. The van der Waals surface area contributed by atoms with Crippen LogP contribution in [0.4, 0.5) is 0 Å². The number of ether oxygens (including phenoxy) is 1. The lowest BCUT2D eigenvalue weighted by atomic mass is 10.1. The second kappa shape index (κ2) is 6.86. The number of carbonyl (C=O) groups is 1. The minimum absolute atomic E-state index is 0.0337. The Morgan fingerprint density at radius 3 is 2.96 bits per heavy atom. The van der Waals surface area contributed by atoms with Gasteiger partial charge in [0.2, 0.25) is 0 Å². The molecule has 0 saturated carbocycles. The Balaban J connectivity index is 1.99. The van der Waals surface area contributed by atoms with Gasteiger partial charge in [-0.25, -0.2) is 0 Å². The van der Waals surface area contributed by atoms with E-state index in [1.54, 1.807) is 22.8 Å². The molecule has 3 rings (SSSR count). The molecule has 2 heterocycles. The van der Waals surface area contributed by atoms with E-state index in [0.29, 0.717) is 27.8 Å². The summed E-state index contributed by atoms with van der Waals surface area (Å²) in [5.41, 5.74) is 0.920. The van der Waals surface area contributed by atoms with E-state index in [4.69, 9.17) is 17.0 Å². The van der Waals surface area contributed by atoms with Crippen molar-refractivity contribution in [1.82, 2.24) is 14.9 Å². The lowest BCUT2D eigenvalue weighted by molar-refractivity contribution is 0.0943. The maximum absolute atomic E-state index is 12.7. The van der Waals surface area contributed by atoms with Gasteiger partial charge in [0.1, 0.15) is 0 Å². The van der Waals surface area contributed by atoms with Gasteiger partial charge in [0.05, 0.1) is 23.6 Å². The Hall–Kier alpha value is -1.99. The molecule has 1 aliphatic heterocycles. The second-order valence-electron chi connectivity index (χ2n) is 6.37. The highest BCUT2D eigenvalue weighted by Crippen LogP contribution is 2.15. The molecule has 24 heavy (non-hydrogen) atoms. The Morgan fingerprint density at radius 1 is 1.50 bits per heavy atom. The van der Waals surface area contributed by atoms with E-state index in [1.807, 2.05) is 13.8 Å². The lowest BCUT2D eigenvalue weighted by Crippen LogP contribution is -2.30. The normalized spacial score (nSPS) is 17.5. The zero-order valence-electron chi connectivity index (χ0n) is 13.8. The minimum Gasteiger partial charge on any atom is -0.376 e. The van der Waals surface area contributed by atoms with Gasteiger partial charge >= 0.3 is 0 Å². The Bertz CT molecular complexity index is 879. The monoisotopic (exact) mass is 347 g/mol. The van der Waals surface area contributed by atoms with Gasteiger partial charge in [0.25, 0.3) is 11.5 Å². The maximum atomic E-state index is 12.7. The summed E-state index contributed by atoms with van der Waals surface area (Å²) >= 11 is 5.33. The number of nitrogens with one attached hydrogen (secondary N) is 2. The molecule has 7 heteroatoms. The molecule has 1 atom stereocenters. The van der Waals surface area contributed by atoms with Crippen molar-refractivity contribution in [1.29, 1.82) is 0 Å². The average Bonchev–Trinajstić information content (AvgIpc) is 3.03. The van der Waals surface area contributed by atoms with Crippen molar-refractivity contribution in [3.05, 3.63) is 38.9 Å². The molecule has 2 aromatic rings. The molecule has 0 unspecified atom stereocenters. The summed E-state index contributed by atoms with van der Waals surface area (Å²) < 4.78 is 7.49. The van der Waals surface area contributed by atoms with Crippen LogP contribution < -0.4 is 10.9 Å². The third-order valence-corrected chi connectivity index (χ3v) is 4.40. The van der Waals surface area contributed by atoms with Crippen molar-refractivity contribution in [2.45, 2.75) is 45.4 Å². The summed E-state index contributed by atoms with van der Waals surface area (Å²) in [7, 11) is 0. The van der Waals surface area contributed by atoms with Crippen molar-refractivity contribution in [2.75, 3.05) is 6.61 Å². The van der Waals surface area contributed by atoms with E-state index in [2.05, 4.69) is 10.3 Å². The van der Waals surface area contributed by atoms with Crippen LogP contribution in [0.25, 0.3) is 10.9 Å². The zero-order chi connectivity index (χ0) is 17.3. The Labute approximate surface area is 144 Å². The van der Waals surface area contributed by atoms with E-state index < -0.39 is 0 Å². The first-order chi connectivity index (χ1) is 11.5. The summed E-state index contributed by atoms with van der Waals surface area (Å²) in [5, 5.41) is 3.35. The number of H-pyrrole nitrogens is 1. The topological polar surface area (TPSA) is 76.1 Å². The molecular weight excluding hydrogens is 326 g/mol. The first kappa shape index (κ1) is 16.9. The Morgan fingerprint density at radius 2 is 2.29 bits per heavy atom. The van der Waals surface area contributed by atoms with Crippen LogP contribution in [0.15, 0.2) is 23.0 Å². The molecule has 2 N–H and O–H groups in total. The predicted molar refractivity (Wildman–Crippen MR) is 95.0 cm³/mol. The van der Waals surface area contributed by atoms with Gasteiger partial charge in [-0.2, -0.15) is 0 Å². The zero-order valence-corrected chi connectivity index (χ0v) is 14.6. The summed E-state index contributed by atoms with van der Waals surface area (Å²) in [6.07, 6.45) is 1.98. The predicted octanol–water partition coefficient (Wildman–Crippen LogP) is 2.38. The van der Waals surface area contributed by atoms with Crippen molar-refractivity contribution in [2.24, 2.45) is 0 Å². The Kier molecular flexibility index (Phi) is 4.82. The van der Waals surface area contributed by atoms with Gasteiger partial charge in [-0.05, 0) is 57.1 Å². The molecule has 128 valence electrons. The number of benzene rings is 1. The number of carbonyl (C=O) groups excluding carboxylic acids is 1. The number of rotatable bonds is 4. The lowest BCUT2D eigenvalue weighted by Gasteiger charge is -2.13. The van der Waals surface area contributed by atoms with Crippen LogP contribution in [0.1, 0.15) is 37.0 Å². The van der Waals surface area contributed by atoms with Gasteiger partial charge in [0, 0.05) is 18.2 Å². The number of aromatic nitrogens is 2. The van der Waals surface area contributed by atoms with E-state index >= 15 is 0 Å². The van der Waals surface area contributed by atoms with Crippen LogP contribution in [0.5, 0.6) is 0 Å². The highest BCUT2D eigenvalue weighted by Gasteiger charge is 2.18. The average molecular weight is 347 g/mol. The fraction of sp³-hybridized carbons (Fsp3) is 0.471. The number of aromatic amines is 1. The molecule has 1 saturated heterocycles. The summed E-state index contributed by atoms with van der Waals surface area (Å²) in [6, 6.07) is 5.05. The highest BCUT2D eigenvalue weighted by molar-refractivity contribution is 7.71. The molecule has 1 aromatic carbocycles. The molecule has 0 radical (unpaired) electrons. The first-order valence-electron chi connectivity index (χ1n) is 8.15.